The molecule has 11 aromatic rings. The van der Waals surface area contributed by atoms with E-state index in [2.05, 4.69) is 180 Å². The molecule has 0 unspecified atom stereocenters. The van der Waals surface area contributed by atoms with Crippen LogP contribution in [0, 0.1) is 0 Å². The monoisotopic (exact) mass is 692 g/mol. The van der Waals surface area contributed by atoms with Crippen LogP contribution in [-0.4, -0.2) is 0 Å². The van der Waals surface area contributed by atoms with Gasteiger partial charge in [-0.2, -0.15) is 0 Å². The van der Waals surface area contributed by atoms with Crippen molar-refractivity contribution in [1.82, 2.24) is 0 Å². The minimum atomic E-state index is 0.844. The molecular weight excluding hydrogens is 661 g/mol. The van der Waals surface area contributed by atoms with Crippen molar-refractivity contribution in [2.75, 3.05) is 9.80 Å². The number of fused-ring (bicyclic) bond motifs is 9. The lowest BCUT2D eigenvalue weighted by atomic mass is 9.95. The molecule has 4 heteroatoms. The lowest BCUT2D eigenvalue weighted by molar-refractivity contribution is 0.668. The maximum Gasteiger partial charge on any atom is 0.137 e. The lowest BCUT2D eigenvalue weighted by Gasteiger charge is -2.35. The van der Waals surface area contributed by atoms with Crippen molar-refractivity contribution in [3.8, 4) is 0 Å². The maximum absolute atomic E-state index is 6.51. The average Bonchev–Trinajstić information content (AvgIpc) is 3.80. The first-order chi connectivity index (χ1) is 26.8. The fourth-order valence-electron chi connectivity index (χ4n) is 8.23. The molecule has 4 nitrogen and oxygen atoms in total. The van der Waals surface area contributed by atoms with E-state index in [0.29, 0.717) is 0 Å². The summed E-state index contributed by atoms with van der Waals surface area (Å²) in [7, 11) is 0. The Morgan fingerprint density at radius 3 is 1.00 bits per heavy atom. The Balaban J connectivity index is 1.28. The summed E-state index contributed by atoms with van der Waals surface area (Å²) in [5.41, 5.74) is 9.62. The van der Waals surface area contributed by atoms with Gasteiger partial charge in [-0.3, -0.25) is 0 Å². The van der Waals surface area contributed by atoms with Crippen molar-refractivity contribution in [2.45, 2.75) is 0 Å². The van der Waals surface area contributed by atoms with Crippen molar-refractivity contribution in [1.29, 1.82) is 0 Å². The number of nitrogens with zero attached hydrogens (tertiary/aromatic N) is 2. The fraction of sp³-hybridized carbons (Fsp3) is 0. The first kappa shape index (κ1) is 30.3. The topological polar surface area (TPSA) is 32.8 Å². The predicted molar refractivity (Wildman–Crippen MR) is 225 cm³/mol. The molecule has 2 aromatic heterocycles. The summed E-state index contributed by atoms with van der Waals surface area (Å²) in [6.45, 7) is 0. The molecule has 0 saturated heterocycles. The van der Waals surface area contributed by atoms with Crippen LogP contribution in [0.5, 0.6) is 0 Å². The fourth-order valence-corrected chi connectivity index (χ4v) is 8.23. The normalized spacial score (nSPS) is 11.7. The Morgan fingerprint density at radius 2 is 0.574 bits per heavy atom. The Hall–Kier alpha value is -7.30. The van der Waals surface area contributed by atoms with Gasteiger partial charge in [0.2, 0.25) is 0 Å². The molecule has 9 aromatic carbocycles. The van der Waals surface area contributed by atoms with Crippen LogP contribution in [-0.2, 0) is 0 Å². The molecular formula is C50H32N2O2. The van der Waals surface area contributed by atoms with Crippen molar-refractivity contribution >= 4 is 99.5 Å². The number of anilines is 6. The van der Waals surface area contributed by atoms with Gasteiger partial charge in [0.05, 0.1) is 11.4 Å². The van der Waals surface area contributed by atoms with Gasteiger partial charge in [-0.25, -0.2) is 0 Å². The number of benzene rings is 9. The van der Waals surface area contributed by atoms with Crippen LogP contribution < -0.4 is 9.80 Å². The van der Waals surface area contributed by atoms with E-state index in [-0.39, 0.29) is 0 Å². The van der Waals surface area contributed by atoms with E-state index in [4.69, 9.17) is 8.83 Å². The second-order valence-electron chi connectivity index (χ2n) is 13.7. The van der Waals surface area contributed by atoms with Crippen LogP contribution in [0.1, 0.15) is 0 Å². The standard InChI is InChI=1S/C50H32N2O2/c1-3-15-33(16-4-1)51(35-27-29-41-39-21-11-13-25-45(39)53-47(41)31-35)49-43-23-9-7-19-37(43)38-20-8-10-24-44(38)50(49)52(34-17-5-2-6-18-34)36-28-30-42-40-22-12-14-26-46(40)54-48(42)32-36/h1-32H. The van der Waals surface area contributed by atoms with E-state index in [1.807, 2.05) is 24.3 Å². The van der Waals surface area contributed by atoms with E-state index in [0.717, 1.165) is 88.8 Å². The zero-order valence-corrected chi connectivity index (χ0v) is 29.2. The molecule has 0 atom stereocenters. The van der Waals surface area contributed by atoms with Gasteiger partial charge in [-0.05, 0) is 71.4 Å². The smallest absolute Gasteiger partial charge is 0.137 e. The second-order valence-corrected chi connectivity index (χ2v) is 13.7. The van der Waals surface area contributed by atoms with Crippen LogP contribution in [0.2, 0.25) is 0 Å². The predicted octanol–water partition coefficient (Wildman–Crippen LogP) is 14.7. The minimum Gasteiger partial charge on any atom is -0.456 e. The van der Waals surface area contributed by atoms with Gasteiger partial charge in [0.15, 0.2) is 0 Å². The molecule has 0 spiro atoms. The van der Waals surface area contributed by atoms with Gasteiger partial charge in [0, 0.05) is 67.2 Å². The van der Waals surface area contributed by atoms with E-state index in [1.54, 1.807) is 0 Å². The van der Waals surface area contributed by atoms with Crippen molar-refractivity contribution < 1.29 is 8.83 Å². The Morgan fingerprint density at radius 1 is 0.241 bits per heavy atom. The summed E-state index contributed by atoms with van der Waals surface area (Å²) in [4.78, 5) is 4.79. The molecule has 0 radical (unpaired) electrons. The van der Waals surface area contributed by atoms with Gasteiger partial charge in [-0.1, -0.05) is 121 Å². The molecule has 254 valence electrons. The summed E-state index contributed by atoms with van der Waals surface area (Å²) in [6.07, 6.45) is 0. The van der Waals surface area contributed by atoms with Gasteiger partial charge in [-0.15, -0.1) is 0 Å². The second kappa shape index (κ2) is 12.1. The zero-order valence-electron chi connectivity index (χ0n) is 29.2. The van der Waals surface area contributed by atoms with Crippen LogP contribution >= 0.6 is 0 Å². The SMILES string of the molecule is c1ccc(N(c2ccc3c(c2)oc2ccccc23)c2c(N(c3ccccc3)c3ccc4c(c3)oc3ccccc34)c3ccccc3c3ccccc23)cc1. The molecule has 0 saturated carbocycles. The van der Waals surface area contributed by atoms with Crippen LogP contribution in [0.25, 0.3) is 65.4 Å². The molecule has 11 rings (SSSR count). The van der Waals surface area contributed by atoms with E-state index >= 15 is 0 Å². The third-order valence-electron chi connectivity index (χ3n) is 10.6. The molecule has 2 heterocycles. The highest BCUT2D eigenvalue weighted by atomic mass is 16.3. The van der Waals surface area contributed by atoms with E-state index < -0.39 is 0 Å². The van der Waals surface area contributed by atoms with Crippen molar-refractivity contribution in [3.63, 3.8) is 0 Å². The highest BCUT2D eigenvalue weighted by Gasteiger charge is 2.28. The minimum absolute atomic E-state index is 0.844. The molecule has 54 heavy (non-hydrogen) atoms. The van der Waals surface area contributed by atoms with E-state index in [1.165, 1.54) is 10.8 Å². The first-order valence-electron chi connectivity index (χ1n) is 18.3. The number of rotatable bonds is 6. The van der Waals surface area contributed by atoms with Crippen molar-refractivity contribution in [3.05, 3.63) is 194 Å². The zero-order chi connectivity index (χ0) is 35.6. The molecule has 0 aliphatic rings. The quantitative estimate of drug-likeness (QED) is 0.128. The summed E-state index contributed by atoms with van der Waals surface area (Å²) >= 11 is 0. The third-order valence-corrected chi connectivity index (χ3v) is 10.6. The number of hydrogen-bond acceptors (Lipinski definition) is 4. The lowest BCUT2D eigenvalue weighted by Crippen LogP contribution is -2.18. The van der Waals surface area contributed by atoms with Crippen molar-refractivity contribution in [2.24, 2.45) is 0 Å². The highest BCUT2D eigenvalue weighted by molar-refractivity contribution is 6.23. The molecule has 0 aliphatic carbocycles. The number of furan rings is 2. The third kappa shape index (κ3) is 4.70. The Kier molecular flexibility index (Phi) is 6.82. The molecule has 0 N–H and O–H groups in total. The first-order valence-corrected chi connectivity index (χ1v) is 18.3. The van der Waals surface area contributed by atoms with Gasteiger partial charge >= 0.3 is 0 Å². The summed E-state index contributed by atoms with van der Waals surface area (Å²) in [6, 6.07) is 68.5. The van der Waals surface area contributed by atoms with Crippen LogP contribution in [0.4, 0.5) is 34.1 Å². The maximum atomic E-state index is 6.51. The highest BCUT2D eigenvalue weighted by Crippen LogP contribution is 2.53. The van der Waals surface area contributed by atoms with Gasteiger partial charge in [0.25, 0.3) is 0 Å². The molecule has 0 amide bonds. The summed E-state index contributed by atoms with van der Waals surface area (Å²) in [5.74, 6) is 0. The Bertz CT molecular complexity index is 2960. The molecule has 0 fully saturated rings. The largest absolute Gasteiger partial charge is 0.456 e. The number of hydrogen-bond donors (Lipinski definition) is 0. The van der Waals surface area contributed by atoms with Gasteiger partial charge in [0.1, 0.15) is 22.3 Å². The summed E-state index contributed by atoms with van der Waals surface area (Å²) < 4.78 is 13.0. The summed E-state index contributed by atoms with van der Waals surface area (Å²) in [5, 5.41) is 9.02. The van der Waals surface area contributed by atoms with Crippen LogP contribution in [0.3, 0.4) is 0 Å². The molecule has 0 aliphatic heterocycles. The average molecular weight is 693 g/mol. The van der Waals surface area contributed by atoms with Gasteiger partial charge < -0.3 is 18.6 Å². The molecule has 0 bridgehead atoms. The Labute approximate surface area is 311 Å². The number of para-hydroxylation sites is 4. The van der Waals surface area contributed by atoms with Crippen LogP contribution in [0.15, 0.2) is 203 Å². The van der Waals surface area contributed by atoms with E-state index in [9.17, 15) is 0 Å².